The van der Waals surface area contributed by atoms with Crippen molar-refractivity contribution in [1.82, 2.24) is 9.88 Å². The predicted octanol–water partition coefficient (Wildman–Crippen LogP) is 2.12. The Hall–Kier alpha value is -4.98. The first kappa shape index (κ1) is 28.5. The van der Waals surface area contributed by atoms with Crippen molar-refractivity contribution in [3.05, 3.63) is 70.7 Å². The van der Waals surface area contributed by atoms with E-state index >= 15 is 0 Å². The fraction of sp³-hybridized carbons (Fsp3) is 0.355. The molecule has 0 bridgehead atoms. The Balaban J connectivity index is 1.71. The van der Waals surface area contributed by atoms with E-state index in [0.29, 0.717) is 23.5 Å². The van der Waals surface area contributed by atoms with Gasteiger partial charge in [-0.1, -0.05) is 12.0 Å². The van der Waals surface area contributed by atoms with E-state index in [2.05, 4.69) is 16.8 Å². The van der Waals surface area contributed by atoms with Gasteiger partial charge < -0.3 is 19.1 Å². The van der Waals surface area contributed by atoms with Crippen LogP contribution in [-0.4, -0.2) is 80.0 Å². The van der Waals surface area contributed by atoms with E-state index in [1.165, 1.54) is 26.2 Å². The van der Waals surface area contributed by atoms with E-state index in [1.807, 2.05) is 55.3 Å². The van der Waals surface area contributed by atoms with E-state index in [4.69, 9.17) is 19.2 Å². The second-order valence-corrected chi connectivity index (χ2v) is 10.3. The Morgan fingerprint density at radius 1 is 1.00 bits per heavy atom. The van der Waals surface area contributed by atoms with Gasteiger partial charge >= 0.3 is 17.9 Å². The quantitative estimate of drug-likeness (QED) is 0.302. The normalized spacial score (nSPS) is 21.8. The van der Waals surface area contributed by atoms with Crippen LogP contribution in [0.15, 0.2) is 58.9 Å². The first-order valence-corrected chi connectivity index (χ1v) is 13.4. The molecule has 5 rings (SSSR count). The number of rotatable bonds is 5. The molecule has 42 heavy (non-hydrogen) atoms. The fourth-order valence-corrected chi connectivity index (χ4v) is 6.26. The Labute approximate surface area is 243 Å². The molecule has 4 heterocycles. The van der Waals surface area contributed by atoms with Crippen molar-refractivity contribution in [3.8, 4) is 11.8 Å². The number of amidine groups is 1. The van der Waals surface area contributed by atoms with Crippen LogP contribution in [0.1, 0.15) is 43.0 Å². The van der Waals surface area contributed by atoms with Crippen molar-refractivity contribution < 1.29 is 33.4 Å². The minimum Gasteiger partial charge on any atom is -0.469 e. The smallest absolute Gasteiger partial charge is 0.357 e. The Morgan fingerprint density at radius 2 is 1.76 bits per heavy atom. The Bertz CT molecular complexity index is 1600. The lowest BCUT2D eigenvalue weighted by atomic mass is 9.69. The third kappa shape index (κ3) is 4.49. The summed E-state index contributed by atoms with van der Waals surface area (Å²) in [4.78, 5) is 64.2. The Kier molecular flexibility index (Phi) is 7.56. The van der Waals surface area contributed by atoms with Gasteiger partial charge in [0.1, 0.15) is 11.5 Å². The van der Waals surface area contributed by atoms with Gasteiger partial charge in [-0.2, -0.15) is 0 Å². The minimum atomic E-state index is -1.01. The van der Waals surface area contributed by atoms with Gasteiger partial charge in [0.15, 0.2) is 5.70 Å². The molecule has 216 valence electrons. The van der Waals surface area contributed by atoms with Gasteiger partial charge in [0, 0.05) is 37.0 Å². The summed E-state index contributed by atoms with van der Waals surface area (Å²) in [7, 11) is 5.52. The van der Waals surface area contributed by atoms with Gasteiger partial charge in [0.25, 0.3) is 0 Å². The lowest BCUT2D eigenvalue weighted by molar-refractivity contribution is -0.143. The average Bonchev–Trinajstić information content (AvgIpc) is 3.45. The molecule has 3 atom stereocenters. The van der Waals surface area contributed by atoms with Crippen LogP contribution in [0.4, 0.5) is 5.69 Å². The van der Waals surface area contributed by atoms with Crippen molar-refractivity contribution in [1.29, 1.82) is 0 Å². The number of benzene rings is 1. The number of carbonyl (C=O) groups excluding carboxylic acids is 4. The standard InChI is InChI=1S/C31H30N4O7/c1-18-17-31-21-16-19(9-11-20-8-6-7-15-32-20)10-12-22(21)34(2)27(31)25(28(38)41-4)26(29(39)42-5)33-30(31)35(18)23(36)13-14-24(37)40-3/h6-8,10,12,15-16,18,27H,13-14,17H2,1-5H3/t18-,27?,31+/m1/s1. The van der Waals surface area contributed by atoms with Crippen molar-refractivity contribution in [3.63, 3.8) is 0 Å². The topological polar surface area (TPSA) is 128 Å². The number of likely N-dealkylation sites (tertiary alicyclic amines) is 1. The van der Waals surface area contributed by atoms with Gasteiger partial charge in [-0.15, -0.1) is 0 Å². The minimum absolute atomic E-state index is 0.0454. The second-order valence-electron chi connectivity index (χ2n) is 10.3. The third-order valence-electron chi connectivity index (χ3n) is 7.97. The molecule has 0 radical (unpaired) electrons. The van der Waals surface area contributed by atoms with Crippen LogP contribution in [0, 0.1) is 11.8 Å². The molecule has 11 nitrogen and oxygen atoms in total. The third-order valence-corrected chi connectivity index (χ3v) is 7.97. The summed E-state index contributed by atoms with van der Waals surface area (Å²) in [5.74, 6) is 4.12. The van der Waals surface area contributed by atoms with Gasteiger partial charge in [0.2, 0.25) is 5.91 Å². The van der Waals surface area contributed by atoms with Crippen LogP contribution >= 0.6 is 0 Å². The molecular weight excluding hydrogens is 540 g/mol. The number of ether oxygens (including phenoxy) is 3. The number of carbonyl (C=O) groups is 4. The highest BCUT2D eigenvalue weighted by molar-refractivity contribution is 6.16. The number of esters is 3. The molecule has 1 amide bonds. The van der Waals surface area contributed by atoms with E-state index in [1.54, 1.807) is 6.20 Å². The van der Waals surface area contributed by atoms with Gasteiger partial charge in [-0.25, -0.2) is 19.6 Å². The maximum absolute atomic E-state index is 13.6. The maximum Gasteiger partial charge on any atom is 0.357 e. The molecule has 0 saturated carbocycles. The molecule has 1 fully saturated rings. The average molecular weight is 571 g/mol. The lowest BCUT2D eigenvalue weighted by Gasteiger charge is -2.39. The summed E-state index contributed by atoms with van der Waals surface area (Å²) in [5, 5.41) is 0. The zero-order valence-corrected chi connectivity index (χ0v) is 24.0. The van der Waals surface area contributed by atoms with E-state index < -0.39 is 29.4 Å². The molecule has 3 aliphatic rings. The maximum atomic E-state index is 13.6. The van der Waals surface area contributed by atoms with E-state index in [0.717, 1.165) is 11.3 Å². The number of amides is 1. The number of aromatic nitrogens is 1. The number of nitrogens with zero attached hydrogens (tertiary/aromatic N) is 4. The summed E-state index contributed by atoms with van der Waals surface area (Å²) in [6, 6.07) is 10.1. The van der Waals surface area contributed by atoms with Crippen molar-refractivity contribution in [2.24, 2.45) is 4.99 Å². The van der Waals surface area contributed by atoms with Gasteiger partial charge in [-0.05, 0) is 55.2 Å². The van der Waals surface area contributed by atoms with Crippen LogP contribution in [0.25, 0.3) is 0 Å². The highest BCUT2D eigenvalue weighted by Crippen LogP contribution is 2.57. The van der Waals surface area contributed by atoms with E-state index in [-0.39, 0.29) is 36.1 Å². The van der Waals surface area contributed by atoms with Crippen LogP contribution in [0.3, 0.4) is 0 Å². The number of methoxy groups -OCH3 is 3. The highest BCUT2D eigenvalue weighted by Gasteiger charge is 2.65. The molecule has 11 heteroatoms. The van der Waals surface area contributed by atoms with Gasteiger partial charge in [0.05, 0.1) is 44.8 Å². The number of hydrogen-bond acceptors (Lipinski definition) is 10. The fourth-order valence-electron chi connectivity index (χ4n) is 6.26. The number of likely N-dealkylation sites (N-methyl/N-ethyl adjacent to an activating group) is 1. The monoisotopic (exact) mass is 570 g/mol. The summed E-state index contributed by atoms with van der Waals surface area (Å²) in [6.07, 6.45) is 1.83. The zero-order chi connectivity index (χ0) is 30.2. The first-order chi connectivity index (χ1) is 20.2. The van der Waals surface area contributed by atoms with Crippen LogP contribution in [0.5, 0.6) is 0 Å². The summed E-state index contributed by atoms with van der Waals surface area (Å²) in [5.41, 5.74) is 1.73. The summed E-state index contributed by atoms with van der Waals surface area (Å²) >= 11 is 0. The molecule has 1 spiro atoms. The molecule has 3 aliphatic heterocycles. The molecule has 1 saturated heterocycles. The second kappa shape index (κ2) is 11.1. The molecule has 0 aliphatic carbocycles. The Morgan fingerprint density at radius 3 is 2.43 bits per heavy atom. The zero-order valence-electron chi connectivity index (χ0n) is 24.0. The number of aliphatic imine (C=N–C) groups is 1. The first-order valence-electron chi connectivity index (χ1n) is 13.4. The largest absolute Gasteiger partial charge is 0.469 e. The summed E-state index contributed by atoms with van der Waals surface area (Å²) in [6.45, 7) is 1.88. The number of anilines is 1. The highest BCUT2D eigenvalue weighted by atomic mass is 16.5. The van der Waals surface area contributed by atoms with Crippen LogP contribution in [-0.2, 0) is 38.8 Å². The van der Waals surface area contributed by atoms with E-state index in [9.17, 15) is 19.2 Å². The lowest BCUT2D eigenvalue weighted by Crippen LogP contribution is -2.55. The number of fused-ring (bicyclic) bond motifs is 1. The molecule has 1 aromatic carbocycles. The predicted molar refractivity (Wildman–Crippen MR) is 151 cm³/mol. The van der Waals surface area contributed by atoms with Crippen molar-refractivity contribution in [2.75, 3.05) is 33.3 Å². The summed E-state index contributed by atoms with van der Waals surface area (Å²) < 4.78 is 14.9. The van der Waals surface area contributed by atoms with Crippen LogP contribution in [0.2, 0.25) is 0 Å². The molecular formula is C31H30N4O7. The SMILES string of the molecule is COC(=O)CCC(=O)N1C2=NC(C(=O)OC)=C(C(=O)OC)C3N(C)c4ccc(C#Cc5ccccn5)cc4[C@]23C[C@H]1C. The molecule has 1 unspecified atom stereocenters. The van der Waals surface area contributed by atoms with Crippen LogP contribution < -0.4 is 4.90 Å². The number of pyridine rings is 1. The molecule has 0 N–H and O–H groups in total. The molecule has 2 aromatic rings. The molecule has 1 aromatic heterocycles. The van der Waals surface area contributed by atoms with Crippen molar-refractivity contribution in [2.45, 2.75) is 43.7 Å². The number of hydrogen-bond donors (Lipinski definition) is 0. The van der Waals surface area contributed by atoms with Gasteiger partial charge in [-0.3, -0.25) is 14.5 Å². The van der Waals surface area contributed by atoms with Crippen molar-refractivity contribution >= 4 is 35.3 Å².